The lowest BCUT2D eigenvalue weighted by molar-refractivity contribution is -0.141. The van der Waals surface area contributed by atoms with Crippen LogP contribution in [0.25, 0.3) is 0 Å². The van der Waals surface area contributed by atoms with Crippen molar-refractivity contribution in [2.75, 3.05) is 0 Å². The van der Waals surface area contributed by atoms with Gasteiger partial charge in [-0.05, 0) is 80.1 Å². The molecule has 0 spiro atoms. The second-order valence-corrected chi connectivity index (χ2v) is 8.92. The third kappa shape index (κ3) is 2.16. The van der Waals surface area contributed by atoms with Gasteiger partial charge in [0.2, 0.25) is 0 Å². The Morgan fingerprint density at radius 3 is 2.74 bits per heavy atom. The highest BCUT2D eigenvalue weighted by Gasteiger charge is 2.58. The zero-order chi connectivity index (χ0) is 16.2. The Balaban J connectivity index is 1.61. The maximum atomic E-state index is 11.5. The van der Waals surface area contributed by atoms with E-state index in [1.807, 2.05) is 0 Å². The monoisotopic (exact) mass is 314 g/mol. The van der Waals surface area contributed by atoms with Crippen LogP contribution in [0, 0.1) is 34.5 Å². The maximum Gasteiger partial charge on any atom is 0.307 e. The molecule has 0 heterocycles. The van der Waals surface area contributed by atoms with Crippen LogP contribution in [0.4, 0.5) is 0 Å². The Bertz CT molecular complexity index is 574. The molecule has 2 fully saturated rings. The Labute approximate surface area is 140 Å². The van der Waals surface area contributed by atoms with E-state index >= 15 is 0 Å². The zero-order valence-corrected chi connectivity index (χ0v) is 14.8. The number of hydrogen-bond donors (Lipinski definition) is 0. The third-order valence-electron chi connectivity index (χ3n) is 7.97. The minimum Gasteiger partial charge on any atom is -0.431 e. The highest BCUT2D eigenvalue weighted by Crippen LogP contribution is 2.65. The van der Waals surface area contributed by atoms with E-state index < -0.39 is 0 Å². The molecule has 2 heteroatoms. The van der Waals surface area contributed by atoms with Gasteiger partial charge in [0.05, 0.1) is 0 Å². The largest absolute Gasteiger partial charge is 0.431 e. The van der Waals surface area contributed by atoms with Crippen LogP contribution in [0.1, 0.15) is 65.7 Å². The lowest BCUT2D eigenvalue weighted by Crippen LogP contribution is -2.52. The first kappa shape index (κ1) is 15.5. The molecule has 0 aromatic rings. The van der Waals surface area contributed by atoms with Crippen LogP contribution in [0.2, 0.25) is 0 Å². The van der Waals surface area contributed by atoms with Crippen molar-refractivity contribution in [3.8, 4) is 0 Å². The Morgan fingerprint density at radius 2 is 1.96 bits per heavy atom. The Hall–Kier alpha value is -1.05. The number of hydrogen-bond acceptors (Lipinski definition) is 2. The van der Waals surface area contributed by atoms with Gasteiger partial charge in [0.15, 0.2) is 0 Å². The molecule has 0 amide bonds. The van der Waals surface area contributed by atoms with E-state index in [4.69, 9.17) is 4.74 Å². The molecule has 4 aliphatic rings. The van der Waals surface area contributed by atoms with E-state index in [0.29, 0.717) is 11.3 Å². The number of fused-ring (bicyclic) bond motifs is 5. The van der Waals surface area contributed by atoms with Gasteiger partial charge in [-0.15, -0.1) is 0 Å². The molecule has 0 aromatic heterocycles. The van der Waals surface area contributed by atoms with Gasteiger partial charge in [0.25, 0.3) is 0 Å². The van der Waals surface area contributed by atoms with E-state index in [-0.39, 0.29) is 11.4 Å². The smallest absolute Gasteiger partial charge is 0.307 e. The summed E-state index contributed by atoms with van der Waals surface area (Å²) in [6.07, 6.45) is 16.0. The molecule has 0 aromatic carbocycles. The first-order valence-corrected chi connectivity index (χ1v) is 9.49. The van der Waals surface area contributed by atoms with E-state index in [0.717, 1.165) is 29.9 Å². The normalized spacial score (nSPS) is 48.0. The average molecular weight is 314 g/mol. The topological polar surface area (TPSA) is 26.3 Å². The van der Waals surface area contributed by atoms with Crippen LogP contribution < -0.4 is 0 Å². The SMILES string of the molecule is CC(=O)OC1=CCC2[C@@H]3CC[C@H]4CC=CC[C@]4(C)C3CC[C@]12C. The predicted octanol–water partition coefficient (Wildman–Crippen LogP) is 5.25. The Kier molecular flexibility index (Phi) is 3.52. The number of allylic oxidation sites excluding steroid dienone is 4. The van der Waals surface area contributed by atoms with Gasteiger partial charge >= 0.3 is 5.97 Å². The second kappa shape index (κ2) is 5.22. The van der Waals surface area contributed by atoms with Crippen molar-refractivity contribution in [1.29, 1.82) is 0 Å². The predicted molar refractivity (Wildman–Crippen MR) is 91.5 cm³/mol. The fourth-order valence-corrected chi connectivity index (χ4v) is 6.68. The van der Waals surface area contributed by atoms with E-state index in [1.165, 1.54) is 45.4 Å². The van der Waals surface area contributed by atoms with Gasteiger partial charge < -0.3 is 4.74 Å². The molecular weight excluding hydrogens is 284 g/mol. The van der Waals surface area contributed by atoms with Crippen LogP contribution in [-0.4, -0.2) is 5.97 Å². The van der Waals surface area contributed by atoms with Gasteiger partial charge in [-0.25, -0.2) is 0 Å². The van der Waals surface area contributed by atoms with E-state index in [9.17, 15) is 4.79 Å². The number of rotatable bonds is 1. The van der Waals surface area contributed by atoms with Gasteiger partial charge in [0, 0.05) is 12.3 Å². The van der Waals surface area contributed by atoms with Crippen molar-refractivity contribution in [2.24, 2.45) is 34.5 Å². The standard InChI is InChI=1S/C21H30O2/c1-14(22)23-19-10-9-17-16-8-7-15-6-4-5-12-20(15,2)18(16)11-13-21(17,19)3/h4-5,10,15-18H,6-9,11-13H2,1-3H3/t15-,16+,17?,18?,20+,21+/m1/s1. The van der Waals surface area contributed by atoms with Gasteiger partial charge in [-0.3, -0.25) is 4.79 Å². The molecule has 23 heavy (non-hydrogen) atoms. The summed E-state index contributed by atoms with van der Waals surface area (Å²) in [6, 6.07) is 0. The van der Waals surface area contributed by atoms with Crippen LogP contribution in [-0.2, 0) is 9.53 Å². The summed E-state index contributed by atoms with van der Waals surface area (Å²) in [7, 11) is 0. The molecule has 2 nitrogen and oxygen atoms in total. The minimum atomic E-state index is -0.159. The molecule has 6 atom stereocenters. The van der Waals surface area contributed by atoms with Gasteiger partial charge in [0.1, 0.15) is 5.76 Å². The van der Waals surface area contributed by atoms with Crippen LogP contribution >= 0.6 is 0 Å². The molecule has 0 N–H and O–H groups in total. The van der Waals surface area contributed by atoms with Crippen molar-refractivity contribution < 1.29 is 9.53 Å². The quantitative estimate of drug-likeness (QED) is 0.488. The number of carbonyl (C=O) groups excluding carboxylic acids is 1. The summed E-state index contributed by atoms with van der Waals surface area (Å²) in [6.45, 7) is 6.45. The van der Waals surface area contributed by atoms with Crippen molar-refractivity contribution in [1.82, 2.24) is 0 Å². The first-order valence-electron chi connectivity index (χ1n) is 9.49. The highest BCUT2D eigenvalue weighted by molar-refractivity contribution is 5.67. The number of esters is 1. The van der Waals surface area contributed by atoms with Crippen molar-refractivity contribution in [3.05, 3.63) is 24.0 Å². The molecule has 0 aliphatic heterocycles. The second-order valence-electron chi connectivity index (χ2n) is 8.92. The van der Waals surface area contributed by atoms with E-state index in [1.54, 1.807) is 0 Å². The summed E-state index contributed by atoms with van der Waals surface area (Å²) in [4.78, 5) is 11.5. The summed E-state index contributed by atoms with van der Waals surface area (Å²) < 4.78 is 5.61. The molecule has 2 saturated carbocycles. The highest BCUT2D eigenvalue weighted by atomic mass is 16.5. The Morgan fingerprint density at radius 1 is 1.13 bits per heavy atom. The summed E-state index contributed by atoms with van der Waals surface area (Å²) >= 11 is 0. The molecule has 0 radical (unpaired) electrons. The number of ether oxygens (including phenoxy) is 1. The number of carbonyl (C=O) groups is 1. The molecule has 4 aliphatic carbocycles. The molecule has 0 saturated heterocycles. The van der Waals surface area contributed by atoms with Crippen LogP contribution in [0.3, 0.4) is 0 Å². The lowest BCUT2D eigenvalue weighted by Gasteiger charge is -2.59. The molecular formula is C21H30O2. The fourth-order valence-electron chi connectivity index (χ4n) is 6.68. The first-order chi connectivity index (χ1) is 10.9. The van der Waals surface area contributed by atoms with Gasteiger partial charge in [-0.1, -0.05) is 26.0 Å². The minimum absolute atomic E-state index is 0.0978. The molecule has 126 valence electrons. The molecule has 2 unspecified atom stereocenters. The van der Waals surface area contributed by atoms with E-state index in [2.05, 4.69) is 32.1 Å². The molecule has 4 rings (SSSR count). The fraction of sp³-hybridized carbons (Fsp3) is 0.762. The third-order valence-corrected chi connectivity index (χ3v) is 7.97. The van der Waals surface area contributed by atoms with Crippen molar-refractivity contribution in [3.63, 3.8) is 0 Å². The zero-order valence-electron chi connectivity index (χ0n) is 14.8. The summed E-state index contributed by atoms with van der Waals surface area (Å²) in [5.74, 6) is 4.05. The summed E-state index contributed by atoms with van der Waals surface area (Å²) in [5, 5.41) is 0. The average Bonchev–Trinajstić information content (AvgIpc) is 2.83. The van der Waals surface area contributed by atoms with Crippen molar-refractivity contribution in [2.45, 2.75) is 65.7 Å². The summed E-state index contributed by atoms with van der Waals surface area (Å²) in [5.41, 5.74) is 0.601. The van der Waals surface area contributed by atoms with Crippen LogP contribution in [0.5, 0.6) is 0 Å². The maximum absolute atomic E-state index is 11.5. The molecule has 0 bridgehead atoms. The van der Waals surface area contributed by atoms with Gasteiger partial charge in [-0.2, -0.15) is 0 Å². The van der Waals surface area contributed by atoms with Crippen LogP contribution in [0.15, 0.2) is 24.0 Å². The lowest BCUT2D eigenvalue weighted by atomic mass is 9.46. The van der Waals surface area contributed by atoms with Crippen molar-refractivity contribution >= 4 is 5.97 Å².